The number of carbonyl (C=O) groups excluding carboxylic acids is 6. The Morgan fingerprint density at radius 2 is 0.765 bits per heavy atom. The standard InChI is InChI=1S/C43H78N2O6/c1-16-39(11,17-2)34(47)27-30(26-33(46)31(45-43(15,24-9)25-10)28-35(48)40(12,18-3)19-4)38(51)44-32(37(50)42(14,22-7)23-8)29-36(49)41(13,20-5)21-6/h30-32,45H,16-29H2,1-15H3,(H,44,51). The number of hydrogen-bond acceptors (Lipinski definition) is 7. The molecule has 0 aliphatic heterocycles. The molecule has 0 heterocycles. The molecular weight excluding hydrogens is 640 g/mol. The second-order valence-electron chi connectivity index (χ2n) is 16.7. The van der Waals surface area contributed by atoms with Gasteiger partial charge in [-0.2, -0.15) is 0 Å². The Bertz CT molecular complexity index is 1170. The maximum atomic E-state index is 14.4. The molecule has 0 saturated heterocycles. The van der Waals surface area contributed by atoms with Crippen molar-refractivity contribution in [2.75, 3.05) is 0 Å². The molecule has 8 nitrogen and oxygen atoms in total. The van der Waals surface area contributed by atoms with Crippen molar-refractivity contribution in [3.63, 3.8) is 0 Å². The molecule has 0 fully saturated rings. The molecule has 1 amide bonds. The highest BCUT2D eigenvalue weighted by Gasteiger charge is 2.43. The van der Waals surface area contributed by atoms with Gasteiger partial charge in [-0.05, 0) is 71.1 Å². The molecule has 3 atom stereocenters. The van der Waals surface area contributed by atoms with Crippen LogP contribution in [0, 0.1) is 27.6 Å². The summed E-state index contributed by atoms with van der Waals surface area (Å²) in [6, 6.07) is -1.93. The van der Waals surface area contributed by atoms with E-state index in [-0.39, 0.29) is 54.6 Å². The minimum atomic E-state index is -1.09. The summed E-state index contributed by atoms with van der Waals surface area (Å²) >= 11 is 0. The van der Waals surface area contributed by atoms with Crippen LogP contribution in [0.2, 0.25) is 0 Å². The molecule has 2 N–H and O–H groups in total. The maximum absolute atomic E-state index is 14.4. The Hall–Kier alpha value is -2.22. The third-order valence-electron chi connectivity index (χ3n) is 14.0. The van der Waals surface area contributed by atoms with E-state index in [2.05, 4.69) is 10.6 Å². The van der Waals surface area contributed by atoms with Gasteiger partial charge in [-0.15, -0.1) is 0 Å². The molecule has 0 bridgehead atoms. The Morgan fingerprint density at radius 3 is 1.10 bits per heavy atom. The molecule has 0 aromatic heterocycles. The lowest BCUT2D eigenvalue weighted by molar-refractivity contribution is -0.141. The van der Waals surface area contributed by atoms with Gasteiger partial charge in [0, 0.05) is 52.9 Å². The van der Waals surface area contributed by atoms with Gasteiger partial charge >= 0.3 is 0 Å². The smallest absolute Gasteiger partial charge is 0.224 e. The summed E-state index contributed by atoms with van der Waals surface area (Å²) in [4.78, 5) is 84.3. The summed E-state index contributed by atoms with van der Waals surface area (Å²) in [5.41, 5.74) is -3.08. The summed E-state index contributed by atoms with van der Waals surface area (Å²) in [6.07, 6.45) is 5.59. The van der Waals surface area contributed by atoms with Crippen molar-refractivity contribution in [3.05, 3.63) is 0 Å². The van der Waals surface area contributed by atoms with Crippen molar-refractivity contribution in [1.29, 1.82) is 0 Å². The third kappa shape index (κ3) is 12.7. The molecule has 0 rings (SSSR count). The zero-order chi connectivity index (χ0) is 40.0. The molecule has 0 aliphatic carbocycles. The lowest BCUT2D eigenvalue weighted by Gasteiger charge is -2.36. The van der Waals surface area contributed by atoms with Crippen LogP contribution in [0.25, 0.3) is 0 Å². The van der Waals surface area contributed by atoms with Crippen molar-refractivity contribution >= 4 is 34.8 Å². The van der Waals surface area contributed by atoms with Gasteiger partial charge in [-0.1, -0.05) is 96.9 Å². The van der Waals surface area contributed by atoms with Crippen molar-refractivity contribution in [2.24, 2.45) is 27.6 Å². The topological polar surface area (TPSA) is 126 Å². The monoisotopic (exact) mass is 719 g/mol. The van der Waals surface area contributed by atoms with Crippen molar-refractivity contribution in [3.8, 4) is 0 Å². The van der Waals surface area contributed by atoms with E-state index >= 15 is 0 Å². The number of rotatable bonds is 28. The molecule has 296 valence electrons. The van der Waals surface area contributed by atoms with Gasteiger partial charge in [-0.3, -0.25) is 28.8 Å². The van der Waals surface area contributed by atoms with E-state index in [1.165, 1.54) is 0 Å². The van der Waals surface area contributed by atoms with Gasteiger partial charge in [-0.25, -0.2) is 0 Å². The van der Waals surface area contributed by atoms with E-state index in [0.717, 1.165) is 12.8 Å². The van der Waals surface area contributed by atoms with E-state index in [0.29, 0.717) is 51.4 Å². The van der Waals surface area contributed by atoms with E-state index in [9.17, 15) is 28.8 Å². The largest absolute Gasteiger partial charge is 0.346 e. The molecule has 0 aliphatic rings. The number of amides is 1. The molecular formula is C43H78N2O6. The van der Waals surface area contributed by atoms with E-state index in [1.807, 2.05) is 104 Å². The van der Waals surface area contributed by atoms with E-state index in [1.54, 1.807) is 0 Å². The van der Waals surface area contributed by atoms with Crippen LogP contribution in [0.3, 0.4) is 0 Å². The fourth-order valence-corrected chi connectivity index (χ4v) is 6.55. The average molecular weight is 719 g/mol. The van der Waals surface area contributed by atoms with Crippen LogP contribution in [0.4, 0.5) is 0 Å². The first-order valence-electron chi connectivity index (χ1n) is 20.3. The molecule has 8 heteroatoms. The van der Waals surface area contributed by atoms with Crippen LogP contribution in [0.1, 0.15) is 194 Å². The van der Waals surface area contributed by atoms with Crippen LogP contribution in [0.15, 0.2) is 0 Å². The second kappa shape index (κ2) is 20.9. The van der Waals surface area contributed by atoms with Crippen molar-refractivity contribution in [1.82, 2.24) is 10.6 Å². The summed E-state index contributed by atoms with van der Waals surface area (Å²) in [6.45, 7) is 29.3. The first-order valence-corrected chi connectivity index (χ1v) is 20.3. The Kier molecular flexibility index (Phi) is 20.0. The second-order valence-corrected chi connectivity index (χ2v) is 16.7. The molecule has 51 heavy (non-hydrogen) atoms. The van der Waals surface area contributed by atoms with Crippen LogP contribution < -0.4 is 10.6 Å². The number of hydrogen-bond donors (Lipinski definition) is 2. The Balaban J connectivity index is 7.11. The van der Waals surface area contributed by atoms with Gasteiger partial charge in [0.25, 0.3) is 0 Å². The molecule has 0 aromatic carbocycles. The lowest BCUT2D eigenvalue weighted by Crippen LogP contribution is -2.54. The molecule has 0 saturated carbocycles. The van der Waals surface area contributed by atoms with Gasteiger partial charge in [0.05, 0.1) is 18.0 Å². The quantitative estimate of drug-likeness (QED) is 0.0826. The summed E-state index contributed by atoms with van der Waals surface area (Å²) < 4.78 is 0. The normalized spacial score (nSPS) is 14.8. The van der Waals surface area contributed by atoms with Crippen LogP contribution in [-0.2, 0) is 28.8 Å². The van der Waals surface area contributed by atoms with E-state index in [4.69, 9.17) is 0 Å². The molecule has 0 radical (unpaired) electrons. The number of Topliss-reactive ketones (excluding diaryl/α,β-unsaturated/α-hetero) is 5. The van der Waals surface area contributed by atoms with Gasteiger partial charge in [0.2, 0.25) is 5.91 Å². The summed E-state index contributed by atoms with van der Waals surface area (Å²) in [7, 11) is 0. The van der Waals surface area contributed by atoms with Gasteiger partial charge in [0.1, 0.15) is 17.3 Å². The molecule has 0 spiro atoms. The highest BCUT2D eigenvalue weighted by Crippen LogP contribution is 2.35. The van der Waals surface area contributed by atoms with E-state index < -0.39 is 51.1 Å². The number of ketones is 5. The lowest BCUT2D eigenvalue weighted by atomic mass is 9.73. The predicted octanol–water partition coefficient (Wildman–Crippen LogP) is 9.34. The minimum Gasteiger partial charge on any atom is -0.346 e. The Labute approximate surface area is 312 Å². The highest BCUT2D eigenvalue weighted by molar-refractivity contribution is 6.00. The van der Waals surface area contributed by atoms with Crippen molar-refractivity contribution in [2.45, 2.75) is 211 Å². The Morgan fingerprint density at radius 1 is 0.431 bits per heavy atom. The molecule has 3 unspecified atom stereocenters. The minimum absolute atomic E-state index is 0.00740. The molecule has 0 aromatic rings. The van der Waals surface area contributed by atoms with Gasteiger partial charge < -0.3 is 10.6 Å². The fourth-order valence-electron chi connectivity index (χ4n) is 6.55. The van der Waals surface area contributed by atoms with Crippen molar-refractivity contribution < 1.29 is 28.8 Å². The first kappa shape index (κ1) is 48.8. The SMILES string of the molecule is CCC(C)(CC)NC(CC(=O)C(C)(CC)CC)C(=O)CC(CC(=O)C(C)(CC)CC)C(=O)NC(CC(=O)C(C)(CC)CC)C(=O)C(C)(CC)CC. The first-order chi connectivity index (χ1) is 23.6. The van der Waals surface area contributed by atoms with Crippen LogP contribution in [0.5, 0.6) is 0 Å². The number of carbonyl (C=O) groups is 6. The average Bonchev–Trinajstić information content (AvgIpc) is 3.14. The maximum Gasteiger partial charge on any atom is 0.224 e. The zero-order valence-electron chi connectivity index (χ0n) is 35.6. The highest BCUT2D eigenvalue weighted by atomic mass is 16.2. The fraction of sp³-hybridized carbons (Fsp3) is 0.860. The predicted molar refractivity (Wildman–Crippen MR) is 210 cm³/mol. The third-order valence-corrected chi connectivity index (χ3v) is 14.0. The number of nitrogens with one attached hydrogen (secondary N) is 2. The van der Waals surface area contributed by atoms with Crippen LogP contribution >= 0.6 is 0 Å². The zero-order valence-corrected chi connectivity index (χ0v) is 35.6. The summed E-state index contributed by atoms with van der Waals surface area (Å²) in [5.74, 6) is -2.37. The summed E-state index contributed by atoms with van der Waals surface area (Å²) in [5, 5.41) is 6.43. The van der Waals surface area contributed by atoms with Crippen LogP contribution in [-0.4, -0.2) is 52.4 Å². The van der Waals surface area contributed by atoms with Gasteiger partial charge in [0.15, 0.2) is 11.6 Å².